The van der Waals surface area contributed by atoms with Crippen molar-refractivity contribution in [3.05, 3.63) is 89.7 Å². The number of hydrogen-bond donors (Lipinski definition) is 1. The van der Waals surface area contributed by atoms with Crippen molar-refractivity contribution in [2.24, 2.45) is 0 Å². The zero-order valence-corrected chi connectivity index (χ0v) is 19.5. The molecule has 0 saturated carbocycles. The predicted molar refractivity (Wildman–Crippen MR) is 130 cm³/mol. The summed E-state index contributed by atoms with van der Waals surface area (Å²) in [6.07, 6.45) is 3.34. The third-order valence-corrected chi connectivity index (χ3v) is 5.69. The standard InChI is InChI=1S/C26H23N5O4/c1-16-20(17(2)35-30-16)14-34-23-10-8-18(12-24(23)33-3)26(32)29-19-9-11-25(27-13-19)31-15-28-21-6-4-5-7-22(21)31/h4-13,15H,14H2,1-3H3,(H,29,32). The van der Waals surface area contributed by atoms with Crippen LogP contribution in [-0.4, -0.2) is 32.7 Å². The summed E-state index contributed by atoms with van der Waals surface area (Å²) >= 11 is 0. The quantitative estimate of drug-likeness (QED) is 0.363. The van der Waals surface area contributed by atoms with Crippen molar-refractivity contribution in [3.63, 3.8) is 0 Å². The Morgan fingerprint density at radius 1 is 1.06 bits per heavy atom. The maximum Gasteiger partial charge on any atom is 0.255 e. The summed E-state index contributed by atoms with van der Waals surface area (Å²) in [5.74, 6) is 2.09. The number of nitrogens with zero attached hydrogens (tertiary/aromatic N) is 4. The van der Waals surface area contributed by atoms with Crippen LogP contribution in [0.1, 0.15) is 27.4 Å². The van der Waals surface area contributed by atoms with Crippen LogP contribution in [0, 0.1) is 13.8 Å². The van der Waals surface area contributed by atoms with E-state index in [0.29, 0.717) is 34.3 Å². The summed E-state index contributed by atoms with van der Waals surface area (Å²) in [5.41, 5.74) is 4.50. The molecule has 5 rings (SSSR count). The van der Waals surface area contributed by atoms with Crippen LogP contribution in [0.2, 0.25) is 0 Å². The number of amides is 1. The maximum atomic E-state index is 12.8. The zero-order valence-electron chi connectivity index (χ0n) is 19.5. The molecule has 1 amide bonds. The van der Waals surface area contributed by atoms with Crippen molar-refractivity contribution in [1.29, 1.82) is 0 Å². The van der Waals surface area contributed by atoms with E-state index in [1.54, 1.807) is 36.8 Å². The highest BCUT2D eigenvalue weighted by Crippen LogP contribution is 2.30. The lowest BCUT2D eigenvalue weighted by atomic mass is 10.1. The molecule has 35 heavy (non-hydrogen) atoms. The van der Waals surface area contributed by atoms with Gasteiger partial charge in [-0.1, -0.05) is 17.3 Å². The number of nitrogens with one attached hydrogen (secondary N) is 1. The molecule has 0 aliphatic carbocycles. The maximum absolute atomic E-state index is 12.8. The SMILES string of the molecule is COc1cc(C(=O)Nc2ccc(-n3cnc4ccccc43)nc2)ccc1OCc1c(C)noc1C. The number of aromatic nitrogens is 4. The minimum Gasteiger partial charge on any atom is -0.493 e. The van der Waals surface area contributed by atoms with Gasteiger partial charge in [0.1, 0.15) is 24.5 Å². The van der Waals surface area contributed by atoms with Crippen molar-refractivity contribution in [2.45, 2.75) is 20.5 Å². The number of fused-ring (bicyclic) bond motifs is 1. The van der Waals surface area contributed by atoms with Gasteiger partial charge in [0.25, 0.3) is 5.91 Å². The van der Waals surface area contributed by atoms with Crippen LogP contribution in [0.15, 0.2) is 71.6 Å². The van der Waals surface area contributed by atoms with Crippen LogP contribution in [0.4, 0.5) is 5.69 Å². The third kappa shape index (κ3) is 4.43. The van der Waals surface area contributed by atoms with Gasteiger partial charge in [-0.3, -0.25) is 9.36 Å². The van der Waals surface area contributed by atoms with Crippen LogP contribution < -0.4 is 14.8 Å². The van der Waals surface area contributed by atoms with Gasteiger partial charge in [-0.05, 0) is 56.3 Å². The second-order valence-electron chi connectivity index (χ2n) is 7.92. The number of rotatable bonds is 7. The first kappa shape index (κ1) is 22.1. The van der Waals surface area contributed by atoms with Crippen LogP contribution >= 0.6 is 0 Å². The number of pyridine rings is 1. The molecule has 9 heteroatoms. The highest BCUT2D eigenvalue weighted by atomic mass is 16.5. The summed E-state index contributed by atoms with van der Waals surface area (Å²) in [7, 11) is 1.53. The van der Waals surface area contributed by atoms with Gasteiger partial charge in [0.2, 0.25) is 0 Å². The molecule has 0 atom stereocenters. The Balaban J connectivity index is 1.28. The topological polar surface area (TPSA) is 104 Å². The molecule has 9 nitrogen and oxygen atoms in total. The molecule has 0 aliphatic rings. The Morgan fingerprint density at radius 3 is 2.66 bits per heavy atom. The Morgan fingerprint density at radius 2 is 1.91 bits per heavy atom. The van der Waals surface area contributed by atoms with Crippen molar-refractivity contribution in [2.75, 3.05) is 12.4 Å². The first-order chi connectivity index (χ1) is 17.0. The fourth-order valence-corrected chi connectivity index (χ4v) is 3.73. The smallest absolute Gasteiger partial charge is 0.255 e. The summed E-state index contributed by atoms with van der Waals surface area (Å²) in [6, 6.07) is 16.5. The molecular formula is C26H23N5O4. The van der Waals surface area contributed by atoms with Crippen LogP contribution in [0.5, 0.6) is 11.5 Å². The van der Waals surface area contributed by atoms with Crippen molar-refractivity contribution >= 4 is 22.6 Å². The van der Waals surface area contributed by atoms with Crippen LogP contribution in [-0.2, 0) is 6.61 Å². The highest BCUT2D eigenvalue weighted by Gasteiger charge is 2.15. The summed E-state index contributed by atoms with van der Waals surface area (Å²) in [5, 5.41) is 6.80. The van der Waals surface area contributed by atoms with Gasteiger partial charge >= 0.3 is 0 Å². The fraction of sp³-hybridized carbons (Fsp3) is 0.154. The molecule has 0 spiro atoms. The monoisotopic (exact) mass is 469 g/mol. The number of para-hydroxylation sites is 2. The number of methoxy groups -OCH3 is 1. The van der Waals surface area contributed by atoms with Gasteiger partial charge in [0, 0.05) is 5.56 Å². The third-order valence-electron chi connectivity index (χ3n) is 5.69. The number of carbonyl (C=O) groups excluding carboxylic acids is 1. The van der Waals surface area contributed by atoms with E-state index in [-0.39, 0.29) is 12.5 Å². The Labute approximate surface area is 201 Å². The molecule has 0 fully saturated rings. The number of ether oxygens (including phenoxy) is 2. The van der Waals surface area contributed by atoms with E-state index in [4.69, 9.17) is 14.0 Å². The number of hydrogen-bond acceptors (Lipinski definition) is 7. The van der Waals surface area contributed by atoms with E-state index in [1.807, 2.05) is 48.7 Å². The lowest BCUT2D eigenvalue weighted by Crippen LogP contribution is -2.12. The lowest BCUT2D eigenvalue weighted by Gasteiger charge is -2.12. The number of imidazole rings is 1. The van der Waals surface area contributed by atoms with Gasteiger partial charge in [0.05, 0.1) is 41.3 Å². The first-order valence-corrected chi connectivity index (χ1v) is 11.0. The number of carbonyl (C=O) groups is 1. The van der Waals surface area contributed by atoms with E-state index < -0.39 is 0 Å². The Kier molecular flexibility index (Phi) is 5.88. The molecule has 5 aromatic rings. The summed E-state index contributed by atoms with van der Waals surface area (Å²) in [6.45, 7) is 3.98. The fourth-order valence-electron chi connectivity index (χ4n) is 3.73. The van der Waals surface area contributed by atoms with Gasteiger partial charge < -0.3 is 19.3 Å². The van der Waals surface area contributed by atoms with Gasteiger partial charge in [-0.25, -0.2) is 9.97 Å². The van der Waals surface area contributed by atoms with Gasteiger partial charge in [0.15, 0.2) is 11.5 Å². The molecule has 0 bridgehead atoms. The predicted octanol–water partition coefficient (Wildman–Crippen LogP) is 4.87. The summed E-state index contributed by atoms with van der Waals surface area (Å²) < 4.78 is 18.4. The minimum absolute atomic E-state index is 0.285. The molecule has 3 heterocycles. The number of benzene rings is 2. The van der Waals surface area contributed by atoms with E-state index in [9.17, 15) is 4.79 Å². The van der Waals surface area contributed by atoms with Crippen LogP contribution in [0.25, 0.3) is 16.9 Å². The van der Waals surface area contributed by atoms with Crippen molar-refractivity contribution in [1.82, 2.24) is 19.7 Å². The molecule has 0 radical (unpaired) electrons. The van der Waals surface area contributed by atoms with E-state index in [2.05, 4.69) is 20.4 Å². The van der Waals surface area contributed by atoms with Gasteiger partial charge in [-0.2, -0.15) is 0 Å². The average molecular weight is 470 g/mol. The number of anilines is 1. The van der Waals surface area contributed by atoms with Crippen LogP contribution in [0.3, 0.4) is 0 Å². The molecule has 2 aromatic carbocycles. The largest absolute Gasteiger partial charge is 0.493 e. The van der Waals surface area contributed by atoms with Crippen molar-refractivity contribution < 1.29 is 18.8 Å². The molecular weight excluding hydrogens is 446 g/mol. The molecule has 176 valence electrons. The van der Waals surface area contributed by atoms with Gasteiger partial charge in [-0.15, -0.1) is 0 Å². The molecule has 1 N–H and O–H groups in total. The zero-order chi connectivity index (χ0) is 24.4. The Bertz CT molecular complexity index is 1480. The second kappa shape index (κ2) is 9.30. The minimum atomic E-state index is -0.289. The first-order valence-electron chi connectivity index (χ1n) is 11.0. The highest BCUT2D eigenvalue weighted by molar-refractivity contribution is 6.04. The van der Waals surface area contributed by atoms with E-state index in [1.165, 1.54) is 7.11 Å². The Hall–Kier alpha value is -4.66. The van der Waals surface area contributed by atoms with E-state index in [0.717, 1.165) is 22.3 Å². The molecule has 0 unspecified atom stereocenters. The second-order valence-corrected chi connectivity index (χ2v) is 7.92. The van der Waals surface area contributed by atoms with Crippen molar-refractivity contribution in [3.8, 4) is 17.3 Å². The number of aryl methyl sites for hydroxylation is 2. The average Bonchev–Trinajstić information content (AvgIpc) is 3.46. The lowest BCUT2D eigenvalue weighted by molar-refractivity contribution is 0.102. The van der Waals surface area contributed by atoms with E-state index >= 15 is 0 Å². The normalized spacial score (nSPS) is 10.9. The summed E-state index contributed by atoms with van der Waals surface area (Å²) in [4.78, 5) is 21.7. The molecule has 0 saturated heterocycles. The molecule has 0 aliphatic heterocycles. The molecule has 3 aromatic heterocycles.